The Kier molecular flexibility index (Phi) is 3.50. The summed E-state index contributed by atoms with van der Waals surface area (Å²) in [4.78, 5) is 23.0. The molecule has 0 aliphatic carbocycles. The van der Waals surface area contributed by atoms with Gasteiger partial charge in [-0.05, 0) is 24.6 Å². The number of anilines is 1. The summed E-state index contributed by atoms with van der Waals surface area (Å²) in [6, 6.07) is 6.16. The van der Waals surface area contributed by atoms with Crippen LogP contribution < -0.4 is 10.6 Å². The maximum absolute atomic E-state index is 10.9. The maximum Gasteiger partial charge on any atom is 0.318 e. The molecule has 1 aromatic carbocycles. The quantitative estimate of drug-likeness (QED) is 0.810. The van der Waals surface area contributed by atoms with Gasteiger partial charge in [0.25, 0.3) is 0 Å². The number of nitrogens with zero attached hydrogens (tertiary/aromatic N) is 1. The second kappa shape index (κ2) is 4.65. The van der Waals surface area contributed by atoms with E-state index in [1.807, 2.05) is 0 Å². The molecule has 0 radical (unpaired) electrons. The number of carbonyl (C=O) groups is 2. The third kappa shape index (κ3) is 2.50. The van der Waals surface area contributed by atoms with E-state index in [9.17, 15) is 9.59 Å². The third-order valence-electron chi connectivity index (χ3n) is 2.46. The molecule has 0 fully saturated rings. The number of amides is 2. The van der Waals surface area contributed by atoms with E-state index in [-0.39, 0.29) is 0 Å². The molecule has 16 heavy (non-hydrogen) atoms. The summed E-state index contributed by atoms with van der Waals surface area (Å²) >= 11 is 0. The fraction of sp³-hybridized carbons (Fsp3) is 0.273. The summed E-state index contributed by atoms with van der Waals surface area (Å²) in [6.45, 7) is 1.59. The van der Waals surface area contributed by atoms with Crippen LogP contribution in [0.3, 0.4) is 0 Å². The Morgan fingerprint density at radius 3 is 2.56 bits per heavy atom. The zero-order valence-electron chi connectivity index (χ0n) is 9.18. The van der Waals surface area contributed by atoms with Crippen molar-refractivity contribution in [3.8, 4) is 0 Å². The summed E-state index contributed by atoms with van der Waals surface area (Å²) in [5.74, 6) is -1.51. The van der Waals surface area contributed by atoms with Crippen LogP contribution in [0.1, 0.15) is 18.4 Å². The highest BCUT2D eigenvalue weighted by Crippen LogP contribution is 2.21. The number of benzene rings is 1. The molecule has 86 valence electrons. The highest BCUT2D eigenvalue weighted by molar-refractivity contribution is 5.90. The lowest BCUT2D eigenvalue weighted by molar-refractivity contribution is -0.138. The van der Waals surface area contributed by atoms with Gasteiger partial charge in [-0.25, -0.2) is 4.79 Å². The molecule has 5 heteroatoms. The van der Waals surface area contributed by atoms with Gasteiger partial charge in [0.15, 0.2) is 0 Å². The van der Waals surface area contributed by atoms with E-state index in [1.54, 1.807) is 31.2 Å². The fourth-order valence-corrected chi connectivity index (χ4v) is 1.27. The predicted octanol–water partition coefficient (Wildman–Crippen LogP) is 1.39. The molecule has 0 bridgehead atoms. The lowest BCUT2D eigenvalue weighted by Gasteiger charge is -2.16. The number of nitrogens with two attached hydrogens (primary N) is 1. The molecule has 1 atom stereocenters. The largest absolute Gasteiger partial charge is 0.481 e. The number of hydrogen-bond acceptors (Lipinski definition) is 2. The first-order valence-electron chi connectivity index (χ1n) is 4.79. The highest BCUT2D eigenvalue weighted by atomic mass is 16.4. The summed E-state index contributed by atoms with van der Waals surface area (Å²) in [7, 11) is 1.53. The Labute approximate surface area is 93.5 Å². The smallest absolute Gasteiger partial charge is 0.318 e. The molecule has 0 saturated heterocycles. The van der Waals surface area contributed by atoms with Crippen molar-refractivity contribution < 1.29 is 14.7 Å². The van der Waals surface area contributed by atoms with Crippen LogP contribution in [-0.4, -0.2) is 24.2 Å². The SMILES string of the molecule is CC(C(=O)O)c1cccc(N(C)C(N)=O)c1. The molecule has 0 aliphatic rings. The van der Waals surface area contributed by atoms with Crippen LogP contribution >= 0.6 is 0 Å². The van der Waals surface area contributed by atoms with Crippen molar-refractivity contribution in [1.29, 1.82) is 0 Å². The van der Waals surface area contributed by atoms with Gasteiger partial charge >= 0.3 is 12.0 Å². The van der Waals surface area contributed by atoms with E-state index in [4.69, 9.17) is 10.8 Å². The Morgan fingerprint density at radius 2 is 2.06 bits per heavy atom. The average molecular weight is 222 g/mol. The monoisotopic (exact) mass is 222 g/mol. The number of aliphatic carboxylic acids is 1. The maximum atomic E-state index is 10.9. The Bertz CT molecular complexity index is 382. The first-order valence-corrected chi connectivity index (χ1v) is 4.79. The van der Waals surface area contributed by atoms with Gasteiger partial charge in [-0.1, -0.05) is 12.1 Å². The highest BCUT2D eigenvalue weighted by Gasteiger charge is 2.15. The fourth-order valence-electron chi connectivity index (χ4n) is 1.27. The van der Waals surface area contributed by atoms with E-state index in [1.165, 1.54) is 11.9 Å². The van der Waals surface area contributed by atoms with Crippen LogP contribution in [0.4, 0.5) is 10.5 Å². The minimum Gasteiger partial charge on any atom is -0.481 e. The molecule has 0 spiro atoms. The molecule has 1 unspecified atom stereocenters. The van der Waals surface area contributed by atoms with Crippen LogP contribution in [0.15, 0.2) is 24.3 Å². The lowest BCUT2D eigenvalue weighted by Crippen LogP contribution is -2.31. The van der Waals surface area contributed by atoms with Crippen LogP contribution in [0.2, 0.25) is 0 Å². The number of carboxylic acid groups (broad SMARTS) is 1. The number of hydrogen-bond donors (Lipinski definition) is 2. The average Bonchev–Trinajstić information content (AvgIpc) is 2.26. The number of rotatable bonds is 3. The van der Waals surface area contributed by atoms with Gasteiger partial charge in [-0.15, -0.1) is 0 Å². The summed E-state index contributed by atoms with van der Waals surface area (Å²) in [5.41, 5.74) is 6.34. The van der Waals surface area contributed by atoms with Gasteiger partial charge in [-0.3, -0.25) is 9.69 Å². The molecule has 0 aromatic heterocycles. The van der Waals surface area contributed by atoms with Crippen molar-refractivity contribution in [2.75, 3.05) is 11.9 Å². The number of primary amides is 1. The van der Waals surface area contributed by atoms with Gasteiger partial charge in [0.2, 0.25) is 0 Å². The number of carbonyl (C=O) groups excluding carboxylic acids is 1. The van der Waals surface area contributed by atoms with Crippen LogP contribution in [0.5, 0.6) is 0 Å². The first kappa shape index (κ1) is 12.0. The zero-order chi connectivity index (χ0) is 12.3. The molecule has 0 saturated carbocycles. The van der Waals surface area contributed by atoms with Crippen molar-refractivity contribution in [2.45, 2.75) is 12.8 Å². The molecule has 1 rings (SSSR count). The first-order chi connectivity index (χ1) is 7.43. The third-order valence-corrected chi connectivity index (χ3v) is 2.46. The molecule has 2 amide bonds. The summed E-state index contributed by atoms with van der Waals surface area (Å²) in [6.07, 6.45) is 0. The van der Waals surface area contributed by atoms with Crippen LogP contribution in [-0.2, 0) is 4.79 Å². The van der Waals surface area contributed by atoms with Crippen LogP contribution in [0.25, 0.3) is 0 Å². The van der Waals surface area contributed by atoms with Crippen molar-refractivity contribution in [3.63, 3.8) is 0 Å². The normalized spacial score (nSPS) is 11.9. The number of urea groups is 1. The van der Waals surface area contributed by atoms with Gasteiger partial charge in [0.1, 0.15) is 0 Å². The Hall–Kier alpha value is -2.04. The van der Waals surface area contributed by atoms with E-state index in [0.29, 0.717) is 11.3 Å². The molecular weight excluding hydrogens is 208 g/mol. The Morgan fingerprint density at radius 1 is 1.44 bits per heavy atom. The van der Waals surface area contributed by atoms with Crippen molar-refractivity contribution in [1.82, 2.24) is 0 Å². The molecule has 5 nitrogen and oxygen atoms in total. The molecular formula is C11H14N2O3. The summed E-state index contributed by atoms with van der Waals surface area (Å²) < 4.78 is 0. The minimum atomic E-state index is -0.904. The zero-order valence-corrected chi connectivity index (χ0v) is 9.18. The second-order valence-corrected chi connectivity index (χ2v) is 3.55. The summed E-state index contributed by atoms with van der Waals surface area (Å²) in [5, 5.41) is 8.87. The molecule has 3 N–H and O–H groups in total. The van der Waals surface area contributed by atoms with Gasteiger partial charge < -0.3 is 10.8 Å². The molecule has 0 aliphatic heterocycles. The standard InChI is InChI=1S/C11H14N2O3/c1-7(10(14)15)8-4-3-5-9(6-8)13(2)11(12)16/h3-7H,1-2H3,(H2,12,16)(H,14,15). The topological polar surface area (TPSA) is 83.6 Å². The minimum absolute atomic E-state index is 0.582. The van der Waals surface area contributed by atoms with Crippen LogP contribution in [0, 0.1) is 0 Å². The van der Waals surface area contributed by atoms with E-state index >= 15 is 0 Å². The van der Waals surface area contributed by atoms with Crippen molar-refractivity contribution in [3.05, 3.63) is 29.8 Å². The predicted molar refractivity (Wildman–Crippen MR) is 60.5 cm³/mol. The van der Waals surface area contributed by atoms with E-state index < -0.39 is 17.9 Å². The van der Waals surface area contributed by atoms with Gasteiger partial charge in [0, 0.05) is 12.7 Å². The molecule has 0 heterocycles. The van der Waals surface area contributed by atoms with Crippen molar-refractivity contribution in [2.24, 2.45) is 5.73 Å². The second-order valence-electron chi connectivity index (χ2n) is 3.55. The van der Waals surface area contributed by atoms with Gasteiger partial charge in [-0.2, -0.15) is 0 Å². The van der Waals surface area contributed by atoms with E-state index in [0.717, 1.165) is 0 Å². The van der Waals surface area contributed by atoms with Crippen molar-refractivity contribution >= 4 is 17.7 Å². The molecule has 1 aromatic rings. The van der Waals surface area contributed by atoms with Gasteiger partial charge in [0.05, 0.1) is 5.92 Å². The number of carboxylic acids is 1. The Balaban J connectivity index is 3.04. The lowest BCUT2D eigenvalue weighted by atomic mass is 10.0. The van der Waals surface area contributed by atoms with E-state index in [2.05, 4.69) is 0 Å².